The van der Waals surface area contributed by atoms with Crippen LogP contribution in [0, 0.1) is 5.92 Å². The Balaban J connectivity index is 1.77. The third kappa shape index (κ3) is 2.18. The molecular formula is C12H14BrNOS. The molecule has 0 unspecified atom stereocenters. The molecule has 0 aliphatic heterocycles. The predicted molar refractivity (Wildman–Crippen MR) is 68.8 cm³/mol. The molecule has 2 fully saturated rings. The van der Waals surface area contributed by atoms with Crippen molar-refractivity contribution in [2.45, 2.75) is 31.7 Å². The van der Waals surface area contributed by atoms with Gasteiger partial charge in [-0.05, 0) is 59.0 Å². The maximum Gasteiger partial charge on any atom is 0.265 e. The first kappa shape index (κ1) is 10.8. The first-order valence-electron chi connectivity index (χ1n) is 5.79. The minimum atomic E-state index is 0.233. The van der Waals surface area contributed by atoms with Gasteiger partial charge in [0.05, 0.1) is 0 Å². The van der Waals surface area contributed by atoms with E-state index >= 15 is 0 Å². The molecule has 2 nitrogen and oxygen atoms in total. The van der Waals surface area contributed by atoms with Crippen LogP contribution in [0.25, 0.3) is 0 Å². The van der Waals surface area contributed by atoms with Crippen LogP contribution in [0.15, 0.2) is 15.9 Å². The predicted octanol–water partition coefficient (Wildman–Crippen LogP) is 3.53. The fourth-order valence-corrected chi connectivity index (χ4v) is 3.44. The van der Waals surface area contributed by atoms with E-state index < -0.39 is 0 Å². The van der Waals surface area contributed by atoms with E-state index in [9.17, 15) is 4.79 Å². The van der Waals surface area contributed by atoms with Gasteiger partial charge >= 0.3 is 0 Å². The van der Waals surface area contributed by atoms with E-state index in [0.717, 1.165) is 21.8 Å². The van der Waals surface area contributed by atoms with E-state index in [1.165, 1.54) is 25.7 Å². The van der Waals surface area contributed by atoms with Crippen molar-refractivity contribution in [3.05, 3.63) is 20.8 Å². The molecule has 3 rings (SSSR count). The summed E-state index contributed by atoms with van der Waals surface area (Å²) in [5.74, 6) is 1.01. The fraction of sp³-hybridized carbons (Fsp3) is 0.583. The van der Waals surface area contributed by atoms with E-state index in [2.05, 4.69) is 20.8 Å². The molecule has 0 bridgehead atoms. The Labute approximate surface area is 108 Å². The van der Waals surface area contributed by atoms with Crippen molar-refractivity contribution >= 4 is 33.2 Å². The number of hydrogen-bond acceptors (Lipinski definition) is 2. The van der Waals surface area contributed by atoms with Crippen LogP contribution in [0.4, 0.5) is 0 Å². The van der Waals surface area contributed by atoms with Crippen molar-refractivity contribution in [1.82, 2.24) is 4.90 Å². The van der Waals surface area contributed by atoms with Gasteiger partial charge in [-0.2, -0.15) is 0 Å². The summed E-state index contributed by atoms with van der Waals surface area (Å²) in [7, 11) is 0. The zero-order valence-electron chi connectivity index (χ0n) is 8.99. The van der Waals surface area contributed by atoms with Crippen LogP contribution in [-0.2, 0) is 0 Å². The lowest BCUT2D eigenvalue weighted by atomic mass is 10.3. The number of amides is 1. The smallest absolute Gasteiger partial charge is 0.265 e. The molecule has 0 radical (unpaired) electrons. The van der Waals surface area contributed by atoms with Crippen molar-refractivity contribution in [1.29, 1.82) is 0 Å². The average molecular weight is 300 g/mol. The molecule has 1 aromatic heterocycles. The number of hydrogen-bond donors (Lipinski definition) is 0. The molecule has 0 aromatic carbocycles. The van der Waals surface area contributed by atoms with Crippen LogP contribution in [0.1, 0.15) is 35.4 Å². The van der Waals surface area contributed by atoms with E-state index in [1.54, 1.807) is 11.3 Å². The largest absolute Gasteiger partial charge is 0.335 e. The van der Waals surface area contributed by atoms with Gasteiger partial charge in [-0.1, -0.05) is 0 Å². The number of carbonyl (C=O) groups is 1. The molecule has 2 aliphatic rings. The molecule has 0 spiro atoms. The second-order valence-corrected chi connectivity index (χ2v) is 6.50. The van der Waals surface area contributed by atoms with Crippen molar-refractivity contribution in [3.63, 3.8) is 0 Å². The summed E-state index contributed by atoms with van der Waals surface area (Å²) in [6, 6.07) is 2.49. The van der Waals surface area contributed by atoms with Gasteiger partial charge in [0.2, 0.25) is 0 Å². The number of carbonyl (C=O) groups excluding carboxylic acids is 1. The van der Waals surface area contributed by atoms with Gasteiger partial charge in [0.25, 0.3) is 5.91 Å². The highest BCUT2D eigenvalue weighted by molar-refractivity contribution is 9.10. The van der Waals surface area contributed by atoms with Crippen LogP contribution in [0.2, 0.25) is 0 Å². The third-order valence-electron chi connectivity index (χ3n) is 3.21. The topological polar surface area (TPSA) is 20.3 Å². The van der Waals surface area contributed by atoms with E-state index in [-0.39, 0.29) is 5.91 Å². The highest BCUT2D eigenvalue weighted by Crippen LogP contribution is 2.37. The Morgan fingerprint density at radius 1 is 1.44 bits per heavy atom. The summed E-state index contributed by atoms with van der Waals surface area (Å²) in [5.41, 5.74) is 0. The lowest BCUT2D eigenvalue weighted by Crippen LogP contribution is -2.34. The highest BCUT2D eigenvalue weighted by Gasteiger charge is 2.37. The first-order valence-corrected chi connectivity index (χ1v) is 7.47. The van der Waals surface area contributed by atoms with E-state index in [1.807, 2.05) is 11.4 Å². The SMILES string of the molecule is O=C(c1sccc1Br)N(CC1CC1)C1CC1. The zero-order chi connectivity index (χ0) is 11.1. The zero-order valence-corrected chi connectivity index (χ0v) is 11.4. The maximum absolute atomic E-state index is 12.4. The molecule has 0 saturated heterocycles. The number of nitrogens with zero attached hydrogens (tertiary/aromatic N) is 1. The lowest BCUT2D eigenvalue weighted by Gasteiger charge is -2.21. The minimum absolute atomic E-state index is 0.233. The molecule has 0 atom stereocenters. The average Bonchev–Trinajstić information content (AvgIpc) is 3.14. The summed E-state index contributed by atoms with van der Waals surface area (Å²) in [5, 5.41) is 1.97. The first-order chi connectivity index (χ1) is 7.75. The molecule has 1 amide bonds. The second-order valence-electron chi connectivity index (χ2n) is 4.73. The van der Waals surface area contributed by atoms with Gasteiger partial charge in [-0.3, -0.25) is 4.79 Å². The standard InChI is InChI=1S/C12H14BrNOS/c13-10-5-6-16-11(10)12(15)14(9-3-4-9)7-8-1-2-8/h5-6,8-9H,1-4,7H2. The van der Waals surface area contributed by atoms with Crippen molar-refractivity contribution < 1.29 is 4.79 Å². The molecule has 2 aliphatic carbocycles. The fourth-order valence-electron chi connectivity index (χ4n) is 1.94. The van der Waals surface area contributed by atoms with Crippen molar-refractivity contribution in [2.75, 3.05) is 6.54 Å². The van der Waals surface area contributed by atoms with Crippen LogP contribution in [-0.4, -0.2) is 23.4 Å². The van der Waals surface area contributed by atoms with E-state index in [4.69, 9.17) is 0 Å². The Hall–Kier alpha value is -0.350. The summed E-state index contributed by atoms with van der Waals surface area (Å²) in [4.78, 5) is 15.4. The molecule has 1 heterocycles. The van der Waals surface area contributed by atoms with Crippen molar-refractivity contribution in [3.8, 4) is 0 Å². The molecule has 86 valence electrons. The minimum Gasteiger partial charge on any atom is -0.335 e. The molecule has 16 heavy (non-hydrogen) atoms. The highest BCUT2D eigenvalue weighted by atomic mass is 79.9. The summed E-state index contributed by atoms with van der Waals surface area (Å²) < 4.78 is 0.948. The van der Waals surface area contributed by atoms with Gasteiger partial charge in [0.1, 0.15) is 4.88 Å². The number of rotatable bonds is 4. The molecule has 1 aromatic rings. The van der Waals surface area contributed by atoms with Gasteiger partial charge in [0.15, 0.2) is 0 Å². The lowest BCUT2D eigenvalue weighted by molar-refractivity contribution is 0.0739. The normalized spacial score (nSPS) is 19.8. The summed E-state index contributed by atoms with van der Waals surface area (Å²) in [6.07, 6.45) is 5.01. The summed E-state index contributed by atoms with van der Waals surface area (Å²) >= 11 is 4.99. The maximum atomic E-state index is 12.4. The Morgan fingerprint density at radius 3 is 2.69 bits per heavy atom. The van der Waals surface area contributed by atoms with Gasteiger partial charge in [-0.15, -0.1) is 11.3 Å². The third-order valence-corrected chi connectivity index (χ3v) is 5.04. The van der Waals surface area contributed by atoms with Gasteiger partial charge < -0.3 is 4.90 Å². The van der Waals surface area contributed by atoms with E-state index in [0.29, 0.717) is 6.04 Å². The van der Waals surface area contributed by atoms with Crippen LogP contribution < -0.4 is 0 Å². The quantitative estimate of drug-likeness (QED) is 0.833. The Kier molecular flexibility index (Phi) is 2.80. The molecule has 0 N–H and O–H groups in total. The van der Waals surface area contributed by atoms with Crippen LogP contribution in [0.5, 0.6) is 0 Å². The van der Waals surface area contributed by atoms with Crippen molar-refractivity contribution in [2.24, 2.45) is 5.92 Å². The van der Waals surface area contributed by atoms with Crippen LogP contribution >= 0.6 is 27.3 Å². The number of thiophene rings is 1. The summed E-state index contributed by atoms with van der Waals surface area (Å²) in [6.45, 7) is 0.980. The Bertz CT molecular complexity index is 409. The second kappa shape index (κ2) is 4.15. The monoisotopic (exact) mass is 299 g/mol. The molecule has 2 saturated carbocycles. The Morgan fingerprint density at radius 2 is 2.19 bits per heavy atom. The molecular weight excluding hydrogens is 286 g/mol. The van der Waals surface area contributed by atoms with Crippen LogP contribution in [0.3, 0.4) is 0 Å². The number of halogens is 1. The van der Waals surface area contributed by atoms with Gasteiger partial charge in [-0.25, -0.2) is 0 Å². The van der Waals surface area contributed by atoms with Gasteiger partial charge in [0, 0.05) is 17.1 Å². The molecule has 4 heteroatoms.